The molecule has 1 amide bonds. The highest BCUT2D eigenvalue weighted by Crippen LogP contribution is 2.21. The molecule has 1 aliphatic heterocycles. The molecule has 1 aliphatic rings. The summed E-state index contributed by atoms with van der Waals surface area (Å²) in [6.07, 6.45) is 3.75. The number of benzene rings is 1. The van der Waals surface area contributed by atoms with Crippen molar-refractivity contribution in [1.82, 2.24) is 9.88 Å². The van der Waals surface area contributed by atoms with Crippen LogP contribution in [-0.4, -0.2) is 46.2 Å². The molecule has 0 unspecified atom stereocenters. The number of nitrogens with zero attached hydrogens (tertiary/aromatic N) is 3. The topological polar surface area (TPSA) is 85.6 Å². The number of hydrogen-bond donors (Lipinski definition) is 0. The molecule has 1 saturated heterocycles. The number of aromatic nitrogens is 1. The quantitative estimate of drug-likeness (QED) is 0.320. The Morgan fingerprint density at radius 3 is 2.77 bits per heavy atom. The van der Waals surface area contributed by atoms with Crippen LogP contribution in [0.5, 0.6) is 5.75 Å². The first-order valence-electron chi connectivity index (χ1n) is 8.39. The van der Waals surface area contributed by atoms with E-state index in [1.54, 1.807) is 24.4 Å². The van der Waals surface area contributed by atoms with Gasteiger partial charge >= 0.3 is 0 Å². The van der Waals surface area contributed by atoms with Gasteiger partial charge in [0.05, 0.1) is 28.2 Å². The molecule has 2 aromatic rings. The van der Waals surface area contributed by atoms with E-state index in [1.165, 1.54) is 23.9 Å². The average molecular weight is 373 g/mol. The molecule has 0 saturated carbocycles. The number of rotatable bonds is 7. The Balaban J connectivity index is 1.45. The van der Waals surface area contributed by atoms with Gasteiger partial charge in [0.1, 0.15) is 5.75 Å². The fourth-order valence-corrected chi connectivity index (χ4v) is 3.35. The summed E-state index contributed by atoms with van der Waals surface area (Å²) in [4.78, 5) is 28.7. The van der Waals surface area contributed by atoms with E-state index in [4.69, 9.17) is 4.74 Å². The molecule has 1 aromatic carbocycles. The standard InChI is InChI=1S/C18H19N3O4S/c22-18(20-8-1-2-9-20)14-6-7-17(19-13-14)26-11-10-25-16-5-3-4-15(12-16)21(23)24/h3-7,12-13H,1-2,8-11H2. The Bertz CT molecular complexity index is 776. The maximum atomic E-state index is 12.3. The number of carbonyl (C=O) groups is 1. The number of pyridine rings is 1. The van der Waals surface area contributed by atoms with Crippen molar-refractivity contribution in [3.63, 3.8) is 0 Å². The fourth-order valence-electron chi connectivity index (χ4n) is 2.69. The lowest BCUT2D eigenvalue weighted by molar-refractivity contribution is -0.384. The predicted molar refractivity (Wildman–Crippen MR) is 98.7 cm³/mol. The molecule has 7 nitrogen and oxygen atoms in total. The molecule has 0 bridgehead atoms. The van der Waals surface area contributed by atoms with Crippen LogP contribution in [-0.2, 0) is 0 Å². The minimum absolute atomic E-state index is 0.00933. The van der Waals surface area contributed by atoms with Gasteiger partial charge in [-0.2, -0.15) is 0 Å². The molecule has 0 aliphatic carbocycles. The number of non-ortho nitro benzene ring substituents is 1. The highest BCUT2D eigenvalue weighted by Gasteiger charge is 2.19. The first kappa shape index (κ1) is 18.2. The third-order valence-electron chi connectivity index (χ3n) is 4.01. The lowest BCUT2D eigenvalue weighted by Gasteiger charge is -2.14. The van der Waals surface area contributed by atoms with Gasteiger partial charge in [-0.05, 0) is 31.0 Å². The van der Waals surface area contributed by atoms with Gasteiger partial charge in [-0.25, -0.2) is 4.98 Å². The summed E-state index contributed by atoms with van der Waals surface area (Å²) in [5.41, 5.74) is 0.624. The molecule has 26 heavy (non-hydrogen) atoms. The van der Waals surface area contributed by atoms with Gasteiger partial charge in [-0.15, -0.1) is 11.8 Å². The number of nitro benzene ring substituents is 1. The smallest absolute Gasteiger partial charge is 0.273 e. The van der Waals surface area contributed by atoms with Crippen LogP contribution < -0.4 is 4.74 Å². The maximum absolute atomic E-state index is 12.3. The van der Waals surface area contributed by atoms with Crippen molar-refractivity contribution in [1.29, 1.82) is 0 Å². The van der Waals surface area contributed by atoms with Crippen molar-refractivity contribution in [3.05, 3.63) is 58.3 Å². The highest BCUT2D eigenvalue weighted by molar-refractivity contribution is 7.99. The molecule has 1 aromatic heterocycles. The largest absolute Gasteiger partial charge is 0.492 e. The third-order valence-corrected chi connectivity index (χ3v) is 4.92. The van der Waals surface area contributed by atoms with Gasteiger partial charge in [0.2, 0.25) is 0 Å². The summed E-state index contributed by atoms with van der Waals surface area (Å²) in [7, 11) is 0. The van der Waals surface area contributed by atoms with Crippen LogP contribution >= 0.6 is 11.8 Å². The van der Waals surface area contributed by atoms with Gasteiger partial charge in [0.25, 0.3) is 11.6 Å². The van der Waals surface area contributed by atoms with Crippen LogP contribution in [0.15, 0.2) is 47.6 Å². The SMILES string of the molecule is O=C(c1ccc(SCCOc2cccc([N+](=O)[O-])c2)nc1)N1CCCC1. The van der Waals surface area contributed by atoms with E-state index in [0.29, 0.717) is 23.7 Å². The second kappa shape index (κ2) is 8.66. The van der Waals surface area contributed by atoms with Crippen molar-refractivity contribution >= 4 is 23.4 Å². The summed E-state index contributed by atoms with van der Waals surface area (Å²) >= 11 is 1.51. The molecular weight excluding hydrogens is 354 g/mol. The lowest BCUT2D eigenvalue weighted by Crippen LogP contribution is -2.27. The molecule has 0 spiro atoms. The number of thioether (sulfide) groups is 1. The number of carbonyl (C=O) groups excluding carboxylic acids is 1. The molecular formula is C18H19N3O4S. The van der Waals surface area contributed by atoms with Crippen LogP contribution in [0.1, 0.15) is 23.2 Å². The molecule has 8 heteroatoms. The number of nitro groups is 1. The van der Waals surface area contributed by atoms with Crippen molar-refractivity contribution < 1.29 is 14.5 Å². The minimum Gasteiger partial charge on any atom is -0.492 e. The van der Waals surface area contributed by atoms with Gasteiger partial charge in [-0.1, -0.05) is 6.07 Å². The van der Waals surface area contributed by atoms with Crippen LogP contribution in [0.25, 0.3) is 0 Å². The second-order valence-electron chi connectivity index (χ2n) is 5.84. The highest BCUT2D eigenvalue weighted by atomic mass is 32.2. The number of ether oxygens (including phenoxy) is 1. The predicted octanol–water partition coefficient (Wildman–Crippen LogP) is 3.40. The molecule has 2 heterocycles. The van der Waals surface area contributed by atoms with E-state index in [2.05, 4.69) is 4.98 Å². The Labute approximate surface area is 155 Å². The van der Waals surface area contributed by atoms with Crippen molar-refractivity contribution in [3.8, 4) is 5.75 Å². The zero-order chi connectivity index (χ0) is 18.4. The summed E-state index contributed by atoms with van der Waals surface area (Å²) < 4.78 is 5.53. The maximum Gasteiger partial charge on any atom is 0.273 e. The van der Waals surface area contributed by atoms with Gasteiger partial charge in [0, 0.05) is 31.1 Å². The van der Waals surface area contributed by atoms with Crippen molar-refractivity contribution in [2.45, 2.75) is 17.9 Å². The van der Waals surface area contributed by atoms with Gasteiger partial charge in [-0.3, -0.25) is 14.9 Å². The molecule has 0 N–H and O–H groups in total. The van der Waals surface area contributed by atoms with E-state index < -0.39 is 4.92 Å². The molecule has 3 rings (SSSR count). The van der Waals surface area contributed by atoms with Crippen LogP contribution in [0, 0.1) is 10.1 Å². The van der Waals surface area contributed by atoms with Gasteiger partial charge in [0.15, 0.2) is 0 Å². The lowest BCUT2D eigenvalue weighted by atomic mass is 10.2. The van der Waals surface area contributed by atoms with Crippen LogP contribution in [0.2, 0.25) is 0 Å². The van der Waals surface area contributed by atoms with E-state index in [1.807, 2.05) is 11.0 Å². The molecule has 0 atom stereocenters. The number of likely N-dealkylation sites (tertiary alicyclic amines) is 1. The zero-order valence-corrected chi connectivity index (χ0v) is 15.0. The molecule has 1 fully saturated rings. The van der Waals surface area contributed by atoms with Crippen LogP contribution in [0.3, 0.4) is 0 Å². The first-order chi connectivity index (χ1) is 12.6. The van der Waals surface area contributed by atoms with Crippen molar-refractivity contribution in [2.75, 3.05) is 25.4 Å². The monoisotopic (exact) mass is 373 g/mol. The zero-order valence-electron chi connectivity index (χ0n) is 14.2. The molecule has 0 radical (unpaired) electrons. The molecule has 136 valence electrons. The van der Waals surface area contributed by atoms with E-state index in [0.717, 1.165) is 31.0 Å². The average Bonchev–Trinajstić information content (AvgIpc) is 3.20. The fraction of sp³-hybridized carbons (Fsp3) is 0.333. The Hall–Kier alpha value is -2.61. The van der Waals surface area contributed by atoms with E-state index in [-0.39, 0.29) is 11.6 Å². The summed E-state index contributed by atoms with van der Waals surface area (Å²) in [6.45, 7) is 2.05. The Morgan fingerprint density at radius 2 is 2.08 bits per heavy atom. The Kier molecular flexibility index (Phi) is 6.06. The van der Waals surface area contributed by atoms with Crippen molar-refractivity contribution in [2.24, 2.45) is 0 Å². The summed E-state index contributed by atoms with van der Waals surface area (Å²) in [6, 6.07) is 9.75. The van der Waals surface area contributed by atoms with Gasteiger partial charge < -0.3 is 9.64 Å². The Morgan fingerprint density at radius 1 is 1.27 bits per heavy atom. The summed E-state index contributed by atoms with van der Waals surface area (Å²) in [5.74, 6) is 1.16. The number of amides is 1. The first-order valence-corrected chi connectivity index (χ1v) is 9.37. The number of hydrogen-bond acceptors (Lipinski definition) is 6. The van der Waals surface area contributed by atoms with Crippen LogP contribution in [0.4, 0.5) is 5.69 Å². The normalized spacial score (nSPS) is 13.6. The van der Waals surface area contributed by atoms with E-state index >= 15 is 0 Å². The minimum atomic E-state index is -0.448. The van der Waals surface area contributed by atoms with E-state index in [9.17, 15) is 14.9 Å². The third kappa shape index (κ3) is 4.72. The second-order valence-corrected chi connectivity index (χ2v) is 6.95. The summed E-state index contributed by atoms with van der Waals surface area (Å²) in [5, 5.41) is 11.5.